The fraction of sp³-hybridized carbons (Fsp3) is 0.250. The highest BCUT2D eigenvalue weighted by Gasteiger charge is 2.22. The van der Waals surface area contributed by atoms with Crippen molar-refractivity contribution < 1.29 is 19.1 Å². The molecule has 0 saturated heterocycles. The molecule has 0 spiro atoms. The van der Waals surface area contributed by atoms with E-state index in [1.54, 1.807) is 31.2 Å². The molecule has 0 atom stereocenters. The molecule has 0 aliphatic rings. The fourth-order valence-corrected chi connectivity index (χ4v) is 4.23. The molecular weight excluding hydrogens is 469 g/mol. The maximum absolute atomic E-state index is 12.6. The van der Waals surface area contributed by atoms with E-state index < -0.39 is 5.97 Å². The summed E-state index contributed by atoms with van der Waals surface area (Å²) in [5.41, 5.74) is 2.80. The van der Waals surface area contributed by atoms with Gasteiger partial charge in [0, 0.05) is 27.4 Å². The Morgan fingerprint density at radius 3 is 2.53 bits per heavy atom. The van der Waals surface area contributed by atoms with Crippen LogP contribution in [0, 0.1) is 6.92 Å². The van der Waals surface area contributed by atoms with Crippen LogP contribution in [0.3, 0.4) is 0 Å². The van der Waals surface area contributed by atoms with Crippen LogP contribution in [0.25, 0.3) is 11.1 Å². The average Bonchev–Trinajstić information content (AvgIpc) is 3.18. The number of aryl methyl sites for hydroxylation is 1. The minimum absolute atomic E-state index is 0.198. The summed E-state index contributed by atoms with van der Waals surface area (Å²) in [6.07, 6.45) is 0.778. The van der Waals surface area contributed by atoms with Crippen LogP contribution in [-0.4, -0.2) is 25.1 Å². The van der Waals surface area contributed by atoms with Gasteiger partial charge in [0.15, 0.2) is 0 Å². The first-order valence-electron chi connectivity index (χ1n) is 10.1. The van der Waals surface area contributed by atoms with E-state index in [2.05, 4.69) is 5.32 Å². The van der Waals surface area contributed by atoms with E-state index >= 15 is 0 Å². The van der Waals surface area contributed by atoms with Crippen LogP contribution < -0.4 is 10.1 Å². The fourth-order valence-electron chi connectivity index (χ4n) is 3.02. The van der Waals surface area contributed by atoms with Crippen molar-refractivity contribution in [1.82, 2.24) is 0 Å². The summed E-state index contributed by atoms with van der Waals surface area (Å²) in [5.74, 6) is 0.0363. The van der Waals surface area contributed by atoms with Crippen LogP contribution >= 0.6 is 34.5 Å². The van der Waals surface area contributed by atoms with Gasteiger partial charge in [-0.1, -0.05) is 35.3 Å². The predicted octanol–water partition coefficient (Wildman–Crippen LogP) is 7.00. The van der Waals surface area contributed by atoms with Crippen LogP contribution in [-0.2, 0) is 9.53 Å². The number of hydrogen-bond acceptors (Lipinski definition) is 5. The van der Waals surface area contributed by atoms with Crippen molar-refractivity contribution >= 4 is 51.4 Å². The largest absolute Gasteiger partial charge is 0.494 e. The predicted molar refractivity (Wildman–Crippen MR) is 130 cm³/mol. The van der Waals surface area contributed by atoms with Gasteiger partial charge in [-0.2, -0.15) is 0 Å². The second kappa shape index (κ2) is 11.4. The van der Waals surface area contributed by atoms with Crippen LogP contribution in [0.4, 0.5) is 5.00 Å². The normalized spacial score (nSPS) is 10.6. The maximum Gasteiger partial charge on any atom is 0.341 e. The van der Waals surface area contributed by atoms with Crippen molar-refractivity contribution in [2.24, 2.45) is 0 Å². The first-order valence-corrected chi connectivity index (χ1v) is 11.8. The lowest BCUT2D eigenvalue weighted by Crippen LogP contribution is -2.15. The van der Waals surface area contributed by atoms with Crippen molar-refractivity contribution in [1.29, 1.82) is 0 Å². The standard InChI is InChI=1S/C24H23Cl2NO4S/c1-3-30-24(29)22-19(16-6-8-17(25)9-7-16)14-32-23(22)27-21(28)5-4-12-31-18-10-11-20(26)15(2)13-18/h6-11,13-14H,3-5,12H2,1-2H3,(H,27,28). The van der Waals surface area contributed by atoms with E-state index in [4.69, 9.17) is 32.7 Å². The van der Waals surface area contributed by atoms with Crippen molar-refractivity contribution in [3.05, 3.63) is 69.0 Å². The molecule has 0 bridgehead atoms. The number of benzene rings is 2. The Hall–Kier alpha value is -2.54. The van der Waals surface area contributed by atoms with Crippen LogP contribution in [0.5, 0.6) is 5.75 Å². The quantitative estimate of drug-likeness (QED) is 0.258. The highest BCUT2D eigenvalue weighted by Crippen LogP contribution is 2.36. The summed E-state index contributed by atoms with van der Waals surface area (Å²) in [6, 6.07) is 12.6. The monoisotopic (exact) mass is 491 g/mol. The number of halogens is 2. The van der Waals surface area contributed by atoms with Crippen LogP contribution in [0.15, 0.2) is 47.8 Å². The number of carbonyl (C=O) groups is 2. The summed E-state index contributed by atoms with van der Waals surface area (Å²) < 4.78 is 10.9. The Morgan fingerprint density at radius 2 is 1.84 bits per heavy atom. The van der Waals surface area contributed by atoms with Gasteiger partial charge in [-0.3, -0.25) is 4.79 Å². The Labute approximate surface area is 201 Å². The number of thiophene rings is 1. The maximum atomic E-state index is 12.6. The molecule has 0 aliphatic heterocycles. The Bertz CT molecular complexity index is 1100. The van der Waals surface area contributed by atoms with Gasteiger partial charge in [0.25, 0.3) is 0 Å². The molecule has 8 heteroatoms. The zero-order chi connectivity index (χ0) is 23.1. The number of anilines is 1. The van der Waals surface area contributed by atoms with Gasteiger partial charge in [-0.25, -0.2) is 4.79 Å². The number of nitrogens with one attached hydrogen (secondary N) is 1. The highest BCUT2D eigenvalue weighted by atomic mass is 35.5. The van der Waals surface area contributed by atoms with Crippen molar-refractivity contribution in [3.63, 3.8) is 0 Å². The molecule has 32 heavy (non-hydrogen) atoms. The van der Waals surface area contributed by atoms with E-state index in [-0.39, 0.29) is 18.9 Å². The second-order valence-electron chi connectivity index (χ2n) is 6.99. The molecule has 1 N–H and O–H groups in total. The first kappa shape index (κ1) is 24.1. The molecule has 0 unspecified atom stereocenters. The van der Waals surface area contributed by atoms with Crippen LogP contribution in [0.2, 0.25) is 10.0 Å². The topological polar surface area (TPSA) is 64.6 Å². The summed E-state index contributed by atoms with van der Waals surface area (Å²) in [6.45, 7) is 4.28. The molecule has 168 valence electrons. The van der Waals surface area contributed by atoms with Crippen molar-refractivity contribution in [2.45, 2.75) is 26.7 Å². The van der Waals surface area contributed by atoms with E-state index in [1.165, 1.54) is 11.3 Å². The molecule has 0 fully saturated rings. The highest BCUT2D eigenvalue weighted by molar-refractivity contribution is 7.15. The van der Waals surface area contributed by atoms with Gasteiger partial charge in [0.1, 0.15) is 16.3 Å². The molecule has 0 radical (unpaired) electrons. The molecule has 1 amide bonds. The van der Waals surface area contributed by atoms with E-state index in [9.17, 15) is 9.59 Å². The van der Waals surface area contributed by atoms with Gasteiger partial charge in [-0.15, -0.1) is 11.3 Å². The number of amides is 1. The SMILES string of the molecule is CCOC(=O)c1c(-c2ccc(Cl)cc2)csc1NC(=O)CCCOc1ccc(Cl)c(C)c1. The summed E-state index contributed by atoms with van der Waals surface area (Å²) in [5, 5.41) is 6.43. The van der Waals surface area contributed by atoms with Gasteiger partial charge < -0.3 is 14.8 Å². The molecule has 3 rings (SSSR count). The van der Waals surface area contributed by atoms with Gasteiger partial charge in [-0.05, 0) is 61.7 Å². The third kappa shape index (κ3) is 6.25. The Morgan fingerprint density at radius 1 is 1.09 bits per heavy atom. The number of esters is 1. The van der Waals surface area contributed by atoms with Gasteiger partial charge in [0.2, 0.25) is 5.91 Å². The minimum Gasteiger partial charge on any atom is -0.494 e. The summed E-state index contributed by atoms with van der Waals surface area (Å²) >= 11 is 13.3. The molecule has 2 aromatic carbocycles. The third-order valence-electron chi connectivity index (χ3n) is 4.63. The lowest BCUT2D eigenvalue weighted by atomic mass is 10.0. The van der Waals surface area contributed by atoms with Crippen molar-refractivity contribution in [3.8, 4) is 16.9 Å². The average molecular weight is 492 g/mol. The minimum atomic E-state index is -0.476. The molecular formula is C24H23Cl2NO4S. The van der Waals surface area contributed by atoms with E-state index in [0.29, 0.717) is 45.0 Å². The number of carbonyl (C=O) groups excluding carboxylic acids is 2. The van der Waals surface area contributed by atoms with E-state index in [1.807, 2.05) is 30.5 Å². The van der Waals surface area contributed by atoms with Crippen LogP contribution in [0.1, 0.15) is 35.7 Å². The van der Waals surface area contributed by atoms with Crippen molar-refractivity contribution in [2.75, 3.05) is 18.5 Å². The summed E-state index contributed by atoms with van der Waals surface area (Å²) in [7, 11) is 0. The third-order valence-corrected chi connectivity index (χ3v) is 6.20. The number of hydrogen-bond donors (Lipinski definition) is 1. The molecule has 5 nitrogen and oxygen atoms in total. The number of ether oxygens (including phenoxy) is 2. The Balaban J connectivity index is 1.63. The van der Waals surface area contributed by atoms with Gasteiger partial charge >= 0.3 is 5.97 Å². The molecule has 0 saturated carbocycles. The summed E-state index contributed by atoms with van der Waals surface area (Å²) in [4.78, 5) is 25.1. The van der Waals surface area contributed by atoms with Gasteiger partial charge in [0.05, 0.1) is 13.2 Å². The zero-order valence-electron chi connectivity index (χ0n) is 17.7. The number of rotatable bonds is 9. The molecule has 1 heterocycles. The molecule has 1 aromatic heterocycles. The second-order valence-corrected chi connectivity index (χ2v) is 8.72. The molecule has 3 aromatic rings. The lowest BCUT2D eigenvalue weighted by molar-refractivity contribution is -0.116. The molecule has 0 aliphatic carbocycles. The Kier molecular flexibility index (Phi) is 8.56. The lowest BCUT2D eigenvalue weighted by Gasteiger charge is -2.10. The first-order chi connectivity index (χ1) is 15.4. The zero-order valence-corrected chi connectivity index (χ0v) is 20.1. The van der Waals surface area contributed by atoms with E-state index in [0.717, 1.165) is 11.1 Å². The smallest absolute Gasteiger partial charge is 0.341 e.